The Balaban J connectivity index is 1.84. The molecule has 2 aliphatic heterocycles. The van der Waals surface area contributed by atoms with Crippen LogP contribution in [0.3, 0.4) is 0 Å². The average molecular weight is 238 g/mol. The van der Waals surface area contributed by atoms with Crippen molar-refractivity contribution >= 4 is 6.09 Å². The number of rotatable bonds is 0. The first kappa shape index (κ1) is 12.4. The number of ether oxygens (including phenoxy) is 1. The van der Waals surface area contributed by atoms with E-state index in [0.717, 1.165) is 39.0 Å². The van der Waals surface area contributed by atoms with Gasteiger partial charge in [-0.05, 0) is 39.2 Å². The second-order valence-electron chi connectivity index (χ2n) is 5.78. The van der Waals surface area contributed by atoms with E-state index in [1.807, 2.05) is 25.7 Å². The molecule has 1 amide bonds. The minimum absolute atomic E-state index is 0.173. The van der Waals surface area contributed by atoms with Crippen LogP contribution in [-0.2, 0) is 4.74 Å². The Morgan fingerprint density at radius 2 is 1.76 bits per heavy atom. The fourth-order valence-corrected chi connectivity index (χ4v) is 2.14. The molecular formula is C13H22N2O2. The van der Waals surface area contributed by atoms with Gasteiger partial charge < -0.3 is 15.0 Å². The number of nitrogens with one attached hydrogen (secondary N) is 1. The smallest absolute Gasteiger partial charge is 0.410 e. The maximum Gasteiger partial charge on any atom is 0.410 e. The molecule has 2 heterocycles. The molecule has 2 fully saturated rings. The third kappa shape index (κ3) is 3.22. The predicted octanol–water partition coefficient (Wildman–Crippen LogP) is 1.92. The van der Waals surface area contributed by atoms with Crippen molar-refractivity contribution in [3.63, 3.8) is 0 Å². The molecule has 0 spiro atoms. The van der Waals surface area contributed by atoms with Gasteiger partial charge in [-0.2, -0.15) is 0 Å². The van der Waals surface area contributed by atoms with E-state index in [1.54, 1.807) is 11.1 Å². The molecule has 1 N–H and O–H groups in total. The van der Waals surface area contributed by atoms with Crippen molar-refractivity contribution in [2.75, 3.05) is 26.2 Å². The third-order valence-corrected chi connectivity index (χ3v) is 3.20. The Kier molecular flexibility index (Phi) is 3.43. The monoisotopic (exact) mass is 238 g/mol. The lowest BCUT2D eigenvalue weighted by molar-refractivity contribution is 0.0235. The van der Waals surface area contributed by atoms with E-state index >= 15 is 0 Å². The number of nitrogens with zero attached hydrogens (tertiary/aromatic N) is 1. The molecule has 0 aromatic carbocycles. The Bertz CT molecular complexity index is 326. The quantitative estimate of drug-likeness (QED) is 0.656. The maximum atomic E-state index is 11.8. The Hall–Kier alpha value is -1.03. The van der Waals surface area contributed by atoms with Crippen LogP contribution in [0.2, 0.25) is 0 Å². The highest BCUT2D eigenvalue weighted by Gasteiger charge is 2.26. The van der Waals surface area contributed by atoms with Gasteiger partial charge in [-0.3, -0.25) is 0 Å². The van der Waals surface area contributed by atoms with Gasteiger partial charge in [0.1, 0.15) is 5.60 Å². The summed E-state index contributed by atoms with van der Waals surface area (Å²) in [6.45, 7) is 9.40. The SMILES string of the molecule is CC(C)(C)OC(=O)N1CCC(=C2CNC2)CC1. The molecule has 0 unspecified atom stereocenters. The highest BCUT2D eigenvalue weighted by Crippen LogP contribution is 2.23. The molecule has 0 atom stereocenters. The van der Waals surface area contributed by atoms with Crippen molar-refractivity contribution in [2.45, 2.75) is 39.2 Å². The summed E-state index contributed by atoms with van der Waals surface area (Å²) in [4.78, 5) is 13.7. The molecule has 0 radical (unpaired) electrons. The second-order valence-corrected chi connectivity index (χ2v) is 5.78. The largest absolute Gasteiger partial charge is 0.444 e. The van der Waals surface area contributed by atoms with Crippen molar-refractivity contribution in [2.24, 2.45) is 0 Å². The number of amides is 1. The highest BCUT2D eigenvalue weighted by atomic mass is 16.6. The van der Waals surface area contributed by atoms with Crippen LogP contribution in [0, 0.1) is 0 Å². The zero-order valence-corrected chi connectivity index (χ0v) is 11.0. The summed E-state index contributed by atoms with van der Waals surface area (Å²) in [5.74, 6) is 0. The summed E-state index contributed by atoms with van der Waals surface area (Å²) in [5.41, 5.74) is 2.70. The number of carbonyl (C=O) groups is 1. The molecule has 17 heavy (non-hydrogen) atoms. The third-order valence-electron chi connectivity index (χ3n) is 3.20. The number of hydrogen-bond acceptors (Lipinski definition) is 3. The van der Waals surface area contributed by atoms with Gasteiger partial charge >= 0.3 is 6.09 Å². The molecule has 0 aromatic rings. The van der Waals surface area contributed by atoms with Gasteiger partial charge in [0.2, 0.25) is 0 Å². The van der Waals surface area contributed by atoms with Crippen molar-refractivity contribution in [1.29, 1.82) is 0 Å². The van der Waals surface area contributed by atoms with Gasteiger partial charge in [-0.1, -0.05) is 5.57 Å². The molecule has 2 saturated heterocycles. The number of hydrogen-bond donors (Lipinski definition) is 1. The summed E-state index contributed by atoms with van der Waals surface area (Å²) in [5, 5.41) is 3.26. The molecule has 4 nitrogen and oxygen atoms in total. The predicted molar refractivity (Wildman–Crippen MR) is 66.9 cm³/mol. The zero-order chi connectivity index (χ0) is 12.5. The summed E-state index contributed by atoms with van der Waals surface area (Å²) in [6, 6.07) is 0. The van der Waals surface area contributed by atoms with E-state index < -0.39 is 5.60 Å². The van der Waals surface area contributed by atoms with Crippen LogP contribution in [0.4, 0.5) is 4.79 Å². The first-order valence-electron chi connectivity index (χ1n) is 6.34. The molecule has 0 aliphatic carbocycles. The van der Waals surface area contributed by atoms with Gasteiger partial charge in [-0.15, -0.1) is 0 Å². The normalized spacial score (nSPS) is 21.2. The molecule has 96 valence electrons. The average Bonchev–Trinajstić information content (AvgIpc) is 2.13. The van der Waals surface area contributed by atoms with Gasteiger partial charge in [0.05, 0.1) is 0 Å². The van der Waals surface area contributed by atoms with E-state index in [4.69, 9.17) is 4.74 Å². The van der Waals surface area contributed by atoms with Gasteiger partial charge in [0.15, 0.2) is 0 Å². The Morgan fingerprint density at radius 1 is 1.18 bits per heavy atom. The lowest BCUT2D eigenvalue weighted by Gasteiger charge is -2.33. The molecule has 0 aromatic heterocycles. The van der Waals surface area contributed by atoms with Crippen molar-refractivity contribution in [1.82, 2.24) is 10.2 Å². The number of likely N-dealkylation sites (tertiary alicyclic amines) is 1. The fourth-order valence-electron chi connectivity index (χ4n) is 2.14. The van der Waals surface area contributed by atoms with E-state index in [1.165, 1.54) is 0 Å². The van der Waals surface area contributed by atoms with Crippen LogP contribution in [0.25, 0.3) is 0 Å². The molecule has 4 heteroatoms. The first-order chi connectivity index (χ1) is 7.96. The molecule has 2 aliphatic rings. The van der Waals surface area contributed by atoms with Crippen LogP contribution in [-0.4, -0.2) is 42.8 Å². The highest BCUT2D eigenvalue weighted by molar-refractivity contribution is 5.68. The Labute approximate surface area is 103 Å². The second kappa shape index (κ2) is 4.69. The minimum Gasteiger partial charge on any atom is -0.444 e. The lowest BCUT2D eigenvalue weighted by atomic mass is 9.95. The van der Waals surface area contributed by atoms with E-state index in [0.29, 0.717) is 0 Å². The van der Waals surface area contributed by atoms with Crippen molar-refractivity contribution in [3.05, 3.63) is 11.1 Å². The summed E-state index contributed by atoms with van der Waals surface area (Å²) < 4.78 is 5.37. The standard InChI is InChI=1S/C13H22N2O2/c1-13(2,3)17-12(16)15-6-4-10(5-7-15)11-8-14-9-11/h14H,4-9H2,1-3H3. The van der Waals surface area contributed by atoms with E-state index in [-0.39, 0.29) is 6.09 Å². The van der Waals surface area contributed by atoms with Gasteiger partial charge in [-0.25, -0.2) is 4.79 Å². The molecule has 2 rings (SSSR count). The van der Waals surface area contributed by atoms with Crippen LogP contribution >= 0.6 is 0 Å². The van der Waals surface area contributed by atoms with Crippen molar-refractivity contribution in [3.8, 4) is 0 Å². The van der Waals surface area contributed by atoms with Crippen LogP contribution < -0.4 is 5.32 Å². The number of piperidine rings is 1. The molecular weight excluding hydrogens is 216 g/mol. The van der Waals surface area contributed by atoms with Crippen LogP contribution in [0.1, 0.15) is 33.6 Å². The van der Waals surface area contributed by atoms with Crippen LogP contribution in [0.15, 0.2) is 11.1 Å². The molecule has 0 bridgehead atoms. The first-order valence-corrected chi connectivity index (χ1v) is 6.34. The van der Waals surface area contributed by atoms with Crippen LogP contribution in [0.5, 0.6) is 0 Å². The lowest BCUT2D eigenvalue weighted by Crippen LogP contribution is -2.42. The summed E-state index contributed by atoms with van der Waals surface area (Å²) in [7, 11) is 0. The maximum absolute atomic E-state index is 11.8. The topological polar surface area (TPSA) is 41.6 Å². The zero-order valence-electron chi connectivity index (χ0n) is 11.0. The van der Waals surface area contributed by atoms with Gasteiger partial charge in [0, 0.05) is 26.2 Å². The van der Waals surface area contributed by atoms with Crippen molar-refractivity contribution < 1.29 is 9.53 Å². The minimum atomic E-state index is -0.395. The van der Waals surface area contributed by atoms with Gasteiger partial charge in [0.25, 0.3) is 0 Å². The summed E-state index contributed by atoms with van der Waals surface area (Å²) >= 11 is 0. The van der Waals surface area contributed by atoms with E-state index in [9.17, 15) is 4.79 Å². The summed E-state index contributed by atoms with van der Waals surface area (Å²) in [6.07, 6.45) is 1.85. The fraction of sp³-hybridized carbons (Fsp3) is 0.769. The Morgan fingerprint density at radius 3 is 2.18 bits per heavy atom. The number of carbonyl (C=O) groups excluding carboxylic acids is 1. The molecule has 0 saturated carbocycles. The van der Waals surface area contributed by atoms with E-state index in [2.05, 4.69) is 5.32 Å².